The number of likely N-dealkylation sites (N-methyl/N-ethyl adjacent to an activating group) is 1. The predicted octanol–water partition coefficient (Wildman–Crippen LogP) is 0.890. The van der Waals surface area contributed by atoms with Gasteiger partial charge in [0.1, 0.15) is 6.04 Å². The van der Waals surface area contributed by atoms with E-state index in [1.165, 1.54) is 0 Å². The first-order valence-corrected chi connectivity index (χ1v) is 3.92. The first-order chi connectivity index (χ1) is 5.09. The molecule has 0 radical (unpaired) electrons. The SMILES string of the molecule is CCCOC(=O)[C@H](C)N(C)C. The molecule has 66 valence electrons. The second kappa shape index (κ2) is 5.13. The molecular formula is C8H17NO2. The van der Waals surface area contributed by atoms with E-state index in [0.717, 1.165) is 6.42 Å². The maximum Gasteiger partial charge on any atom is 0.323 e. The number of carbonyl (C=O) groups excluding carboxylic acids is 1. The smallest absolute Gasteiger partial charge is 0.323 e. The van der Waals surface area contributed by atoms with Crippen molar-refractivity contribution in [2.24, 2.45) is 0 Å². The molecule has 0 amide bonds. The first kappa shape index (κ1) is 10.4. The lowest BCUT2D eigenvalue weighted by molar-refractivity contribution is -0.148. The van der Waals surface area contributed by atoms with Crippen molar-refractivity contribution < 1.29 is 9.53 Å². The number of hydrogen-bond donors (Lipinski definition) is 0. The summed E-state index contributed by atoms with van der Waals surface area (Å²) in [4.78, 5) is 12.9. The van der Waals surface area contributed by atoms with Crippen LogP contribution in [0.2, 0.25) is 0 Å². The molecule has 11 heavy (non-hydrogen) atoms. The van der Waals surface area contributed by atoms with Crippen molar-refractivity contribution in [3.63, 3.8) is 0 Å². The van der Waals surface area contributed by atoms with Gasteiger partial charge in [-0.1, -0.05) is 6.92 Å². The molecule has 3 heteroatoms. The Labute approximate surface area is 68.3 Å². The van der Waals surface area contributed by atoms with Gasteiger partial charge < -0.3 is 4.74 Å². The molecule has 0 bridgehead atoms. The van der Waals surface area contributed by atoms with Gasteiger partial charge in [0.15, 0.2) is 0 Å². The lowest BCUT2D eigenvalue weighted by Gasteiger charge is -2.17. The molecule has 3 nitrogen and oxygen atoms in total. The van der Waals surface area contributed by atoms with Crippen molar-refractivity contribution in [1.29, 1.82) is 0 Å². The number of hydrogen-bond acceptors (Lipinski definition) is 3. The highest BCUT2D eigenvalue weighted by molar-refractivity contribution is 5.75. The van der Waals surface area contributed by atoms with E-state index in [4.69, 9.17) is 4.74 Å². The summed E-state index contributed by atoms with van der Waals surface area (Å²) in [5.74, 6) is -0.142. The maximum atomic E-state index is 11.1. The minimum atomic E-state index is -0.142. The average molecular weight is 159 g/mol. The first-order valence-electron chi connectivity index (χ1n) is 3.92. The number of nitrogens with zero attached hydrogens (tertiary/aromatic N) is 1. The third-order valence-corrected chi connectivity index (χ3v) is 1.56. The van der Waals surface area contributed by atoms with Gasteiger partial charge in [-0.05, 0) is 27.4 Å². The average Bonchev–Trinajstić information content (AvgIpc) is 1.98. The van der Waals surface area contributed by atoms with Gasteiger partial charge in [0.2, 0.25) is 0 Å². The summed E-state index contributed by atoms with van der Waals surface area (Å²) < 4.78 is 4.93. The third-order valence-electron chi connectivity index (χ3n) is 1.56. The van der Waals surface area contributed by atoms with Crippen LogP contribution in [0.4, 0.5) is 0 Å². The Bertz CT molecular complexity index is 123. The molecule has 0 aromatic heterocycles. The fraction of sp³-hybridized carbons (Fsp3) is 0.875. The quantitative estimate of drug-likeness (QED) is 0.570. The standard InChI is InChI=1S/C8H17NO2/c1-5-6-11-8(10)7(2)9(3)4/h7H,5-6H2,1-4H3/t7-/m0/s1. The zero-order valence-electron chi connectivity index (χ0n) is 7.76. The van der Waals surface area contributed by atoms with Gasteiger partial charge in [-0.15, -0.1) is 0 Å². The second-order valence-corrected chi connectivity index (χ2v) is 2.81. The summed E-state index contributed by atoms with van der Waals surface area (Å²) in [5, 5.41) is 0. The predicted molar refractivity (Wildman–Crippen MR) is 44.4 cm³/mol. The van der Waals surface area contributed by atoms with Crippen molar-refractivity contribution in [3.05, 3.63) is 0 Å². The Hall–Kier alpha value is -0.570. The summed E-state index contributed by atoms with van der Waals surface area (Å²) in [6.07, 6.45) is 0.881. The van der Waals surface area contributed by atoms with Crippen molar-refractivity contribution in [3.8, 4) is 0 Å². The fourth-order valence-corrected chi connectivity index (χ4v) is 0.534. The van der Waals surface area contributed by atoms with Gasteiger partial charge >= 0.3 is 5.97 Å². The Morgan fingerprint density at radius 2 is 2.09 bits per heavy atom. The van der Waals surface area contributed by atoms with Crippen LogP contribution < -0.4 is 0 Å². The summed E-state index contributed by atoms with van der Waals surface area (Å²) in [6.45, 7) is 4.34. The molecule has 0 spiro atoms. The van der Waals surface area contributed by atoms with Crippen molar-refractivity contribution in [2.75, 3.05) is 20.7 Å². The van der Waals surface area contributed by atoms with Crippen LogP contribution in [-0.4, -0.2) is 37.6 Å². The highest BCUT2D eigenvalue weighted by atomic mass is 16.5. The molecule has 0 aliphatic carbocycles. The molecule has 1 atom stereocenters. The van der Waals surface area contributed by atoms with E-state index in [1.54, 1.807) is 0 Å². The molecule has 0 unspecified atom stereocenters. The van der Waals surface area contributed by atoms with Crippen LogP contribution in [0.5, 0.6) is 0 Å². The monoisotopic (exact) mass is 159 g/mol. The summed E-state index contributed by atoms with van der Waals surface area (Å²) >= 11 is 0. The topological polar surface area (TPSA) is 29.5 Å². The molecule has 0 aliphatic rings. The van der Waals surface area contributed by atoms with Crippen LogP contribution in [0.1, 0.15) is 20.3 Å². The largest absolute Gasteiger partial charge is 0.465 e. The van der Waals surface area contributed by atoms with E-state index in [9.17, 15) is 4.79 Å². The molecule has 0 aliphatic heterocycles. The minimum absolute atomic E-state index is 0.137. The molecule has 0 saturated heterocycles. The van der Waals surface area contributed by atoms with Crippen molar-refractivity contribution >= 4 is 5.97 Å². The van der Waals surface area contributed by atoms with E-state index < -0.39 is 0 Å². The number of ether oxygens (including phenoxy) is 1. The lowest BCUT2D eigenvalue weighted by Crippen LogP contribution is -2.34. The fourth-order valence-electron chi connectivity index (χ4n) is 0.534. The number of carbonyl (C=O) groups is 1. The van der Waals surface area contributed by atoms with Gasteiger partial charge in [0, 0.05) is 0 Å². The van der Waals surface area contributed by atoms with E-state index in [-0.39, 0.29) is 12.0 Å². The summed E-state index contributed by atoms with van der Waals surface area (Å²) in [5.41, 5.74) is 0. The van der Waals surface area contributed by atoms with E-state index in [2.05, 4.69) is 0 Å². The molecule has 0 saturated carbocycles. The molecule has 0 heterocycles. The van der Waals surface area contributed by atoms with Crippen LogP contribution in [0.25, 0.3) is 0 Å². The summed E-state index contributed by atoms with van der Waals surface area (Å²) in [7, 11) is 3.72. The second-order valence-electron chi connectivity index (χ2n) is 2.81. The number of esters is 1. The van der Waals surface area contributed by atoms with Crippen molar-refractivity contribution in [2.45, 2.75) is 26.3 Å². The Morgan fingerprint density at radius 1 is 1.55 bits per heavy atom. The highest BCUT2D eigenvalue weighted by Crippen LogP contribution is 1.95. The molecule has 0 rings (SSSR count). The zero-order valence-corrected chi connectivity index (χ0v) is 7.76. The lowest BCUT2D eigenvalue weighted by atomic mass is 10.3. The minimum Gasteiger partial charge on any atom is -0.465 e. The van der Waals surface area contributed by atoms with Gasteiger partial charge in [-0.25, -0.2) is 0 Å². The van der Waals surface area contributed by atoms with Crippen LogP contribution in [0.15, 0.2) is 0 Å². The summed E-state index contributed by atoms with van der Waals surface area (Å²) in [6, 6.07) is -0.137. The Kier molecular flexibility index (Phi) is 4.86. The van der Waals surface area contributed by atoms with E-state index in [0.29, 0.717) is 6.61 Å². The van der Waals surface area contributed by atoms with Crippen LogP contribution >= 0.6 is 0 Å². The Morgan fingerprint density at radius 3 is 2.45 bits per heavy atom. The van der Waals surface area contributed by atoms with Gasteiger partial charge in [-0.2, -0.15) is 0 Å². The van der Waals surface area contributed by atoms with Crippen LogP contribution in [0.3, 0.4) is 0 Å². The van der Waals surface area contributed by atoms with Gasteiger partial charge in [-0.3, -0.25) is 9.69 Å². The molecule has 0 aromatic carbocycles. The molecule has 0 fully saturated rings. The molecular weight excluding hydrogens is 142 g/mol. The zero-order chi connectivity index (χ0) is 8.85. The van der Waals surface area contributed by atoms with Crippen LogP contribution in [-0.2, 0) is 9.53 Å². The molecule has 0 N–H and O–H groups in total. The Balaban J connectivity index is 3.64. The van der Waals surface area contributed by atoms with Crippen molar-refractivity contribution in [1.82, 2.24) is 4.90 Å². The van der Waals surface area contributed by atoms with Crippen LogP contribution in [0, 0.1) is 0 Å². The van der Waals surface area contributed by atoms with E-state index >= 15 is 0 Å². The number of rotatable bonds is 4. The van der Waals surface area contributed by atoms with Gasteiger partial charge in [0.25, 0.3) is 0 Å². The third kappa shape index (κ3) is 3.98. The van der Waals surface area contributed by atoms with E-state index in [1.807, 2.05) is 32.8 Å². The van der Waals surface area contributed by atoms with Gasteiger partial charge in [0.05, 0.1) is 6.61 Å². The highest BCUT2D eigenvalue weighted by Gasteiger charge is 2.15. The normalized spacial score (nSPS) is 13.2. The molecule has 0 aromatic rings. The maximum absolute atomic E-state index is 11.1.